The number of rotatable bonds is 6. The van der Waals surface area contributed by atoms with Crippen LogP contribution in [0.2, 0.25) is 0 Å². The number of amides is 1. The van der Waals surface area contributed by atoms with E-state index in [1.165, 1.54) is 5.56 Å². The molecule has 5 rings (SSSR count). The molecule has 0 unspecified atom stereocenters. The minimum atomic E-state index is 0.140. The lowest BCUT2D eigenvalue weighted by Crippen LogP contribution is -2.51. The molecule has 174 valence electrons. The Kier molecular flexibility index (Phi) is 6.78. The zero-order valence-electron chi connectivity index (χ0n) is 19.3. The Labute approximate surface area is 199 Å². The summed E-state index contributed by atoms with van der Waals surface area (Å²) in [5.74, 6) is 1.38. The van der Waals surface area contributed by atoms with E-state index in [1.807, 2.05) is 19.1 Å². The van der Waals surface area contributed by atoms with Crippen molar-refractivity contribution in [3.05, 3.63) is 54.1 Å². The number of hydrogen-bond acceptors (Lipinski definition) is 6. The van der Waals surface area contributed by atoms with Gasteiger partial charge in [0.25, 0.3) is 0 Å². The van der Waals surface area contributed by atoms with Crippen molar-refractivity contribution in [1.82, 2.24) is 14.8 Å². The third-order valence-electron chi connectivity index (χ3n) is 6.71. The Morgan fingerprint density at radius 1 is 1.03 bits per heavy atom. The molecule has 33 heavy (non-hydrogen) atoms. The van der Waals surface area contributed by atoms with Crippen LogP contribution in [-0.4, -0.2) is 66.6 Å². The average Bonchev–Trinajstić information content (AvgIpc) is 3.29. The summed E-state index contributed by atoms with van der Waals surface area (Å²) in [6.45, 7) is 9.00. The summed E-state index contributed by atoms with van der Waals surface area (Å²) >= 11 is 1.72. The van der Waals surface area contributed by atoms with E-state index in [0.717, 1.165) is 79.8 Å². The molecule has 1 aromatic heterocycles. The molecule has 0 atom stereocenters. The number of carbonyl (C=O) groups excluding carboxylic acids is 1. The van der Waals surface area contributed by atoms with Gasteiger partial charge >= 0.3 is 0 Å². The molecule has 2 aliphatic heterocycles. The second-order valence-electron chi connectivity index (χ2n) is 8.91. The van der Waals surface area contributed by atoms with Crippen molar-refractivity contribution in [2.75, 3.05) is 50.8 Å². The van der Waals surface area contributed by atoms with Crippen LogP contribution >= 0.6 is 11.3 Å². The second-order valence-corrected chi connectivity index (χ2v) is 9.92. The fourth-order valence-electron chi connectivity index (χ4n) is 4.83. The molecule has 3 heterocycles. The van der Waals surface area contributed by atoms with E-state index in [4.69, 9.17) is 9.72 Å². The van der Waals surface area contributed by atoms with Crippen LogP contribution in [0.1, 0.15) is 25.3 Å². The number of hydrogen-bond donors (Lipinski definition) is 0. The van der Waals surface area contributed by atoms with E-state index in [1.54, 1.807) is 11.3 Å². The summed E-state index contributed by atoms with van der Waals surface area (Å²) in [7, 11) is 0. The quantitative estimate of drug-likeness (QED) is 0.546. The number of fused-ring (bicyclic) bond motifs is 1. The highest BCUT2D eigenvalue weighted by atomic mass is 32.1. The summed E-state index contributed by atoms with van der Waals surface area (Å²) in [6, 6.07) is 16.7. The molecule has 0 aliphatic carbocycles. The standard InChI is InChI=1S/C26H32N4O2S/c1-2-32-22-8-9-23-24(18-22)33-26(27-23)30-12-10-21(11-13-30)25(31)29-16-14-28(15-17-29)19-20-6-4-3-5-7-20/h3-9,18,21H,2,10-17,19H2,1H3. The second kappa shape index (κ2) is 10.1. The van der Waals surface area contributed by atoms with Crippen molar-refractivity contribution >= 4 is 32.6 Å². The first-order chi connectivity index (χ1) is 16.2. The highest BCUT2D eigenvalue weighted by Gasteiger charge is 2.31. The van der Waals surface area contributed by atoms with Crippen LogP contribution in [0.4, 0.5) is 5.13 Å². The molecular formula is C26H32N4O2S. The van der Waals surface area contributed by atoms with E-state index in [2.05, 4.69) is 51.1 Å². The summed E-state index contributed by atoms with van der Waals surface area (Å²) in [5.41, 5.74) is 2.36. The predicted molar refractivity (Wildman–Crippen MR) is 134 cm³/mol. The maximum absolute atomic E-state index is 13.2. The molecule has 0 N–H and O–H groups in total. The number of piperazine rings is 1. The Morgan fingerprint density at radius 2 is 1.79 bits per heavy atom. The molecule has 7 heteroatoms. The lowest BCUT2D eigenvalue weighted by atomic mass is 9.95. The topological polar surface area (TPSA) is 48.9 Å². The summed E-state index contributed by atoms with van der Waals surface area (Å²) in [4.78, 5) is 24.9. The third kappa shape index (κ3) is 5.14. The molecule has 2 aromatic carbocycles. The zero-order chi connectivity index (χ0) is 22.6. The lowest BCUT2D eigenvalue weighted by molar-refractivity contribution is -0.138. The number of nitrogens with zero attached hydrogens (tertiary/aromatic N) is 4. The van der Waals surface area contributed by atoms with Crippen LogP contribution in [0.15, 0.2) is 48.5 Å². The van der Waals surface area contributed by atoms with Crippen LogP contribution < -0.4 is 9.64 Å². The van der Waals surface area contributed by atoms with Gasteiger partial charge in [-0.3, -0.25) is 9.69 Å². The van der Waals surface area contributed by atoms with E-state index in [-0.39, 0.29) is 5.92 Å². The van der Waals surface area contributed by atoms with Crippen molar-refractivity contribution in [2.24, 2.45) is 5.92 Å². The number of benzene rings is 2. The van der Waals surface area contributed by atoms with E-state index in [0.29, 0.717) is 12.5 Å². The fourth-order valence-corrected chi connectivity index (χ4v) is 5.87. The number of aromatic nitrogens is 1. The van der Waals surface area contributed by atoms with Crippen molar-refractivity contribution in [3.63, 3.8) is 0 Å². The van der Waals surface area contributed by atoms with Crippen LogP contribution in [0.5, 0.6) is 5.75 Å². The van der Waals surface area contributed by atoms with Crippen molar-refractivity contribution in [1.29, 1.82) is 0 Å². The SMILES string of the molecule is CCOc1ccc2nc(N3CCC(C(=O)N4CCN(Cc5ccccc5)CC4)CC3)sc2c1. The zero-order valence-corrected chi connectivity index (χ0v) is 20.1. The van der Waals surface area contributed by atoms with E-state index < -0.39 is 0 Å². The van der Waals surface area contributed by atoms with Gasteiger partial charge in [0.05, 0.1) is 16.8 Å². The first-order valence-corrected chi connectivity index (χ1v) is 12.8. The minimum absolute atomic E-state index is 0.140. The monoisotopic (exact) mass is 464 g/mol. The fraction of sp³-hybridized carbons (Fsp3) is 0.462. The van der Waals surface area contributed by atoms with Gasteiger partial charge in [-0.2, -0.15) is 0 Å². The average molecular weight is 465 g/mol. The number of carbonyl (C=O) groups is 1. The smallest absolute Gasteiger partial charge is 0.225 e. The van der Waals surface area contributed by atoms with Crippen molar-refractivity contribution < 1.29 is 9.53 Å². The van der Waals surface area contributed by atoms with Gasteiger partial charge in [0.2, 0.25) is 5.91 Å². The van der Waals surface area contributed by atoms with Gasteiger partial charge in [-0.15, -0.1) is 0 Å². The van der Waals surface area contributed by atoms with Gasteiger partial charge in [0, 0.05) is 51.7 Å². The van der Waals surface area contributed by atoms with Gasteiger partial charge in [-0.05, 0) is 43.5 Å². The number of anilines is 1. The van der Waals surface area contributed by atoms with Crippen LogP contribution in [-0.2, 0) is 11.3 Å². The number of ether oxygens (including phenoxy) is 1. The van der Waals surface area contributed by atoms with Crippen LogP contribution in [0.3, 0.4) is 0 Å². The van der Waals surface area contributed by atoms with E-state index in [9.17, 15) is 4.79 Å². The maximum Gasteiger partial charge on any atom is 0.225 e. The molecule has 0 saturated carbocycles. The summed E-state index contributed by atoms with van der Waals surface area (Å²) in [5, 5.41) is 1.05. The maximum atomic E-state index is 13.2. The molecule has 0 spiro atoms. The molecule has 0 bridgehead atoms. The minimum Gasteiger partial charge on any atom is -0.494 e. The summed E-state index contributed by atoms with van der Waals surface area (Å²) < 4.78 is 6.78. The van der Waals surface area contributed by atoms with Crippen molar-refractivity contribution in [3.8, 4) is 5.75 Å². The Hall–Kier alpha value is -2.64. The summed E-state index contributed by atoms with van der Waals surface area (Å²) in [6.07, 6.45) is 1.81. The predicted octanol–water partition coefficient (Wildman–Crippen LogP) is 4.26. The van der Waals surface area contributed by atoms with Gasteiger partial charge in [-0.25, -0.2) is 4.98 Å². The van der Waals surface area contributed by atoms with Crippen molar-refractivity contribution in [2.45, 2.75) is 26.3 Å². The Balaban J connectivity index is 1.12. The Morgan fingerprint density at radius 3 is 2.52 bits per heavy atom. The first-order valence-electron chi connectivity index (χ1n) is 12.0. The largest absolute Gasteiger partial charge is 0.494 e. The molecule has 1 amide bonds. The van der Waals surface area contributed by atoms with Gasteiger partial charge < -0.3 is 14.5 Å². The third-order valence-corrected chi connectivity index (χ3v) is 7.79. The number of piperidine rings is 1. The van der Waals surface area contributed by atoms with Crippen LogP contribution in [0.25, 0.3) is 10.2 Å². The molecule has 2 fully saturated rings. The normalized spacial score (nSPS) is 18.1. The van der Waals surface area contributed by atoms with Gasteiger partial charge in [-0.1, -0.05) is 41.7 Å². The van der Waals surface area contributed by atoms with Crippen LogP contribution in [0, 0.1) is 5.92 Å². The van der Waals surface area contributed by atoms with E-state index >= 15 is 0 Å². The first kappa shape index (κ1) is 22.2. The molecule has 3 aromatic rings. The molecular weight excluding hydrogens is 432 g/mol. The highest BCUT2D eigenvalue weighted by Crippen LogP contribution is 2.34. The molecule has 2 saturated heterocycles. The lowest BCUT2D eigenvalue weighted by Gasteiger charge is -2.38. The highest BCUT2D eigenvalue weighted by molar-refractivity contribution is 7.22. The Bertz CT molecular complexity index is 1070. The molecule has 0 radical (unpaired) electrons. The molecule has 2 aliphatic rings. The molecule has 6 nitrogen and oxygen atoms in total. The van der Waals surface area contributed by atoms with Gasteiger partial charge in [0.15, 0.2) is 5.13 Å². The number of thiazole rings is 1. The van der Waals surface area contributed by atoms with Gasteiger partial charge in [0.1, 0.15) is 5.75 Å².